The molecule has 0 spiro atoms. The van der Waals surface area contributed by atoms with Crippen LogP contribution >= 0.6 is 0 Å². The normalized spacial score (nSPS) is 19.6. The Bertz CT molecular complexity index is 392. The van der Waals surface area contributed by atoms with Crippen LogP contribution in [0, 0.1) is 5.92 Å². The molecule has 100 valence electrons. The molecule has 2 atom stereocenters. The smallest absolute Gasteiger partial charge is 0.119 e. The van der Waals surface area contributed by atoms with Gasteiger partial charge in [0, 0.05) is 12.6 Å². The Morgan fingerprint density at radius 3 is 3.06 bits per heavy atom. The third-order valence-corrected chi connectivity index (χ3v) is 3.77. The Morgan fingerprint density at radius 2 is 2.33 bits per heavy atom. The Morgan fingerprint density at radius 1 is 1.50 bits per heavy atom. The maximum Gasteiger partial charge on any atom is 0.119 e. The SMILES string of the molecule is COc1ccc2c(c1)C(NCC(C)CCO)CC2. The molecular formula is C15H23NO2. The largest absolute Gasteiger partial charge is 0.497 e. The van der Waals surface area contributed by atoms with Crippen molar-refractivity contribution in [2.45, 2.75) is 32.2 Å². The summed E-state index contributed by atoms with van der Waals surface area (Å²) >= 11 is 0. The third-order valence-electron chi connectivity index (χ3n) is 3.77. The first kappa shape index (κ1) is 13.4. The number of aliphatic hydroxyl groups excluding tert-OH is 1. The Hall–Kier alpha value is -1.06. The van der Waals surface area contributed by atoms with Gasteiger partial charge >= 0.3 is 0 Å². The van der Waals surface area contributed by atoms with E-state index in [1.165, 1.54) is 11.1 Å². The van der Waals surface area contributed by atoms with Crippen LogP contribution in [-0.4, -0.2) is 25.4 Å². The van der Waals surface area contributed by atoms with E-state index in [0.717, 1.165) is 31.6 Å². The summed E-state index contributed by atoms with van der Waals surface area (Å²) in [4.78, 5) is 0. The molecule has 2 rings (SSSR count). The fourth-order valence-electron chi connectivity index (χ4n) is 2.59. The van der Waals surface area contributed by atoms with Crippen LogP contribution in [0.2, 0.25) is 0 Å². The van der Waals surface area contributed by atoms with Gasteiger partial charge in [0.15, 0.2) is 0 Å². The van der Waals surface area contributed by atoms with Gasteiger partial charge in [-0.05, 0) is 55.0 Å². The molecule has 1 aliphatic carbocycles. The highest BCUT2D eigenvalue weighted by Gasteiger charge is 2.22. The lowest BCUT2D eigenvalue weighted by molar-refractivity contribution is 0.257. The van der Waals surface area contributed by atoms with Crippen LogP contribution in [-0.2, 0) is 6.42 Å². The molecule has 2 N–H and O–H groups in total. The lowest BCUT2D eigenvalue weighted by atomic mass is 10.1. The molecule has 0 aromatic heterocycles. The predicted molar refractivity (Wildman–Crippen MR) is 72.9 cm³/mol. The molecule has 0 radical (unpaired) electrons. The van der Waals surface area contributed by atoms with Gasteiger partial charge in [-0.15, -0.1) is 0 Å². The van der Waals surface area contributed by atoms with E-state index in [2.05, 4.69) is 24.4 Å². The van der Waals surface area contributed by atoms with Crippen molar-refractivity contribution in [3.63, 3.8) is 0 Å². The summed E-state index contributed by atoms with van der Waals surface area (Å²) in [5.74, 6) is 1.45. The molecular weight excluding hydrogens is 226 g/mol. The zero-order chi connectivity index (χ0) is 13.0. The van der Waals surface area contributed by atoms with Gasteiger partial charge in [-0.3, -0.25) is 0 Å². The lowest BCUT2D eigenvalue weighted by Gasteiger charge is -2.18. The van der Waals surface area contributed by atoms with Crippen LogP contribution in [0.15, 0.2) is 18.2 Å². The quantitative estimate of drug-likeness (QED) is 0.813. The minimum Gasteiger partial charge on any atom is -0.497 e. The highest BCUT2D eigenvalue weighted by molar-refractivity contribution is 5.40. The number of hydrogen-bond acceptors (Lipinski definition) is 3. The first-order valence-electron chi connectivity index (χ1n) is 6.75. The first-order valence-corrected chi connectivity index (χ1v) is 6.75. The van der Waals surface area contributed by atoms with Crippen molar-refractivity contribution in [2.75, 3.05) is 20.3 Å². The Balaban J connectivity index is 1.97. The van der Waals surface area contributed by atoms with Gasteiger partial charge in [-0.1, -0.05) is 13.0 Å². The molecule has 1 aliphatic rings. The van der Waals surface area contributed by atoms with E-state index in [4.69, 9.17) is 9.84 Å². The van der Waals surface area contributed by atoms with Gasteiger partial charge in [0.05, 0.1) is 7.11 Å². The highest BCUT2D eigenvalue weighted by atomic mass is 16.5. The molecule has 2 unspecified atom stereocenters. The molecule has 0 aliphatic heterocycles. The minimum absolute atomic E-state index is 0.276. The molecule has 0 saturated heterocycles. The van der Waals surface area contributed by atoms with E-state index in [1.807, 2.05) is 6.07 Å². The number of fused-ring (bicyclic) bond motifs is 1. The maximum atomic E-state index is 8.91. The minimum atomic E-state index is 0.276. The molecule has 0 amide bonds. The van der Waals surface area contributed by atoms with Gasteiger partial charge in [-0.25, -0.2) is 0 Å². The van der Waals surface area contributed by atoms with Crippen LogP contribution in [0.5, 0.6) is 5.75 Å². The summed E-state index contributed by atoms with van der Waals surface area (Å²) < 4.78 is 5.29. The van der Waals surface area contributed by atoms with Crippen molar-refractivity contribution >= 4 is 0 Å². The van der Waals surface area contributed by atoms with Crippen LogP contribution in [0.3, 0.4) is 0 Å². The summed E-state index contributed by atoms with van der Waals surface area (Å²) in [6.07, 6.45) is 3.17. The second-order valence-corrected chi connectivity index (χ2v) is 5.18. The number of nitrogens with one attached hydrogen (secondary N) is 1. The number of aryl methyl sites for hydroxylation is 1. The van der Waals surface area contributed by atoms with Gasteiger partial charge in [0.25, 0.3) is 0 Å². The average molecular weight is 249 g/mol. The second kappa shape index (κ2) is 6.21. The van der Waals surface area contributed by atoms with Crippen molar-refractivity contribution in [3.05, 3.63) is 29.3 Å². The molecule has 3 heteroatoms. The van der Waals surface area contributed by atoms with Gasteiger partial charge < -0.3 is 15.2 Å². The number of hydrogen-bond donors (Lipinski definition) is 2. The molecule has 0 bridgehead atoms. The Labute approximate surface area is 109 Å². The summed E-state index contributed by atoms with van der Waals surface area (Å²) in [5.41, 5.74) is 2.81. The van der Waals surface area contributed by atoms with E-state index < -0.39 is 0 Å². The maximum absolute atomic E-state index is 8.91. The summed E-state index contributed by atoms with van der Waals surface area (Å²) in [7, 11) is 1.71. The van der Waals surface area contributed by atoms with Crippen molar-refractivity contribution in [1.82, 2.24) is 5.32 Å². The topological polar surface area (TPSA) is 41.5 Å². The average Bonchev–Trinajstić information content (AvgIpc) is 2.79. The van der Waals surface area contributed by atoms with E-state index in [1.54, 1.807) is 7.11 Å². The zero-order valence-corrected chi connectivity index (χ0v) is 11.3. The predicted octanol–water partition coefficient (Wildman–Crippen LogP) is 2.29. The molecule has 1 aromatic rings. The monoisotopic (exact) mass is 249 g/mol. The zero-order valence-electron chi connectivity index (χ0n) is 11.3. The number of rotatable bonds is 6. The fourth-order valence-corrected chi connectivity index (χ4v) is 2.59. The van der Waals surface area contributed by atoms with Crippen LogP contribution in [0.25, 0.3) is 0 Å². The first-order chi connectivity index (χ1) is 8.74. The van der Waals surface area contributed by atoms with Crippen molar-refractivity contribution in [2.24, 2.45) is 5.92 Å². The highest BCUT2D eigenvalue weighted by Crippen LogP contribution is 2.33. The second-order valence-electron chi connectivity index (χ2n) is 5.18. The summed E-state index contributed by atoms with van der Waals surface area (Å²) in [5, 5.41) is 12.5. The molecule has 0 saturated carbocycles. The van der Waals surface area contributed by atoms with Crippen LogP contribution in [0.1, 0.15) is 36.9 Å². The van der Waals surface area contributed by atoms with Crippen molar-refractivity contribution in [3.8, 4) is 5.75 Å². The van der Waals surface area contributed by atoms with Crippen molar-refractivity contribution in [1.29, 1.82) is 0 Å². The molecule has 3 nitrogen and oxygen atoms in total. The number of methoxy groups -OCH3 is 1. The molecule has 0 heterocycles. The third kappa shape index (κ3) is 3.03. The number of ether oxygens (including phenoxy) is 1. The van der Waals surface area contributed by atoms with E-state index in [9.17, 15) is 0 Å². The van der Waals surface area contributed by atoms with Crippen LogP contribution < -0.4 is 10.1 Å². The molecule has 1 aromatic carbocycles. The fraction of sp³-hybridized carbons (Fsp3) is 0.600. The molecule has 0 fully saturated rings. The van der Waals surface area contributed by atoms with Gasteiger partial charge in [-0.2, -0.15) is 0 Å². The summed E-state index contributed by atoms with van der Waals surface area (Å²) in [6.45, 7) is 3.41. The van der Waals surface area contributed by atoms with Crippen molar-refractivity contribution < 1.29 is 9.84 Å². The molecule has 18 heavy (non-hydrogen) atoms. The lowest BCUT2D eigenvalue weighted by Crippen LogP contribution is -2.25. The van der Waals surface area contributed by atoms with Crippen LogP contribution in [0.4, 0.5) is 0 Å². The summed E-state index contributed by atoms with van der Waals surface area (Å²) in [6, 6.07) is 6.80. The standard InChI is InChI=1S/C15H23NO2/c1-11(7-8-17)10-16-15-6-4-12-3-5-13(18-2)9-14(12)15/h3,5,9,11,15-17H,4,6-8,10H2,1-2H3. The van der Waals surface area contributed by atoms with E-state index in [-0.39, 0.29) is 6.61 Å². The Kier molecular flexibility index (Phi) is 4.61. The van der Waals surface area contributed by atoms with E-state index in [0.29, 0.717) is 12.0 Å². The van der Waals surface area contributed by atoms with E-state index >= 15 is 0 Å². The van der Waals surface area contributed by atoms with Gasteiger partial charge in [0.1, 0.15) is 5.75 Å². The number of benzene rings is 1. The van der Waals surface area contributed by atoms with Gasteiger partial charge in [0.2, 0.25) is 0 Å². The number of aliphatic hydroxyl groups is 1.